The van der Waals surface area contributed by atoms with Crippen LogP contribution in [0.4, 0.5) is 13.2 Å². The van der Waals surface area contributed by atoms with Crippen molar-refractivity contribution in [2.45, 2.75) is 32.0 Å². The summed E-state index contributed by atoms with van der Waals surface area (Å²) in [6.45, 7) is 2.65. The molecule has 1 atom stereocenters. The van der Waals surface area contributed by atoms with Gasteiger partial charge in [0.2, 0.25) is 5.88 Å². The van der Waals surface area contributed by atoms with E-state index in [1.165, 1.54) is 12.4 Å². The van der Waals surface area contributed by atoms with Gasteiger partial charge in [-0.2, -0.15) is 23.4 Å². The largest absolute Gasteiger partial charge is 0.472 e. The quantitative estimate of drug-likeness (QED) is 0.630. The van der Waals surface area contributed by atoms with Crippen LogP contribution in [0.1, 0.15) is 34.5 Å². The zero-order valence-electron chi connectivity index (χ0n) is 16.6. The minimum absolute atomic E-state index is 0.0152. The summed E-state index contributed by atoms with van der Waals surface area (Å²) < 4.78 is 45.4. The zero-order valence-corrected chi connectivity index (χ0v) is 16.6. The Hall–Kier alpha value is -3.50. The van der Waals surface area contributed by atoms with Crippen LogP contribution in [-0.2, 0) is 6.18 Å². The molecule has 0 aliphatic carbocycles. The Morgan fingerprint density at radius 3 is 2.65 bits per heavy atom. The molecule has 0 spiro atoms. The minimum Gasteiger partial charge on any atom is -0.472 e. The van der Waals surface area contributed by atoms with Crippen molar-refractivity contribution >= 4 is 5.91 Å². The van der Waals surface area contributed by atoms with Gasteiger partial charge >= 0.3 is 6.18 Å². The highest BCUT2D eigenvalue weighted by atomic mass is 19.4. The first-order valence-corrected chi connectivity index (χ1v) is 9.65. The molecule has 3 aromatic rings. The number of alkyl halides is 3. The maximum absolute atomic E-state index is 13.2. The monoisotopic (exact) mass is 432 g/mol. The number of likely N-dealkylation sites (tertiary alicyclic amines) is 1. The summed E-state index contributed by atoms with van der Waals surface area (Å²) in [6, 6.07) is 5.56. The summed E-state index contributed by atoms with van der Waals surface area (Å²) in [6.07, 6.45) is 0.734. The lowest BCUT2D eigenvalue weighted by Crippen LogP contribution is -2.44. The van der Waals surface area contributed by atoms with Crippen molar-refractivity contribution in [1.29, 1.82) is 0 Å². The normalized spacial score (nSPS) is 16.9. The van der Waals surface area contributed by atoms with Gasteiger partial charge in [-0.05, 0) is 43.5 Å². The van der Waals surface area contributed by atoms with Gasteiger partial charge in [0.05, 0.1) is 24.5 Å². The van der Waals surface area contributed by atoms with E-state index in [1.807, 2.05) is 19.1 Å². The molecule has 11 heteroatoms. The summed E-state index contributed by atoms with van der Waals surface area (Å²) in [4.78, 5) is 23.5. The Kier molecular flexibility index (Phi) is 5.57. The molecule has 31 heavy (non-hydrogen) atoms. The number of amides is 1. The molecule has 162 valence electrons. The summed E-state index contributed by atoms with van der Waals surface area (Å²) >= 11 is 0. The first-order valence-electron chi connectivity index (χ1n) is 9.65. The van der Waals surface area contributed by atoms with Crippen molar-refractivity contribution in [3.8, 4) is 11.7 Å². The maximum Gasteiger partial charge on any atom is 0.433 e. The van der Waals surface area contributed by atoms with Crippen LogP contribution in [0.25, 0.3) is 5.82 Å². The number of aromatic nitrogens is 5. The molecule has 1 fully saturated rings. The Bertz CT molecular complexity index is 1070. The molecule has 4 rings (SSSR count). The predicted molar refractivity (Wildman–Crippen MR) is 103 cm³/mol. The van der Waals surface area contributed by atoms with E-state index >= 15 is 0 Å². The lowest BCUT2D eigenvalue weighted by Gasteiger charge is -2.33. The van der Waals surface area contributed by atoms with Crippen LogP contribution in [0.15, 0.2) is 42.9 Å². The highest BCUT2D eigenvalue weighted by Gasteiger charge is 2.35. The number of hydrogen-bond acceptors (Lipinski definition) is 6. The van der Waals surface area contributed by atoms with Crippen LogP contribution in [-0.4, -0.2) is 55.0 Å². The molecular weight excluding hydrogens is 413 g/mol. The standard InChI is InChI=1S/C20H19F3N6O2/c1-13-6-7-24-17(11-13)31-14-3-2-10-28(12-14)19(30)15-4-5-16(20(21,22)23)27-18(15)29-25-8-9-26-29/h4-9,11,14H,2-3,10,12H2,1H3/t14-/m1/s1. The van der Waals surface area contributed by atoms with Gasteiger partial charge in [0.15, 0.2) is 5.82 Å². The molecule has 0 aromatic carbocycles. The van der Waals surface area contributed by atoms with Crippen LogP contribution in [0, 0.1) is 6.92 Å². The Labute approximate surface area is 175 Å². The number of hydrogen-bond donors (Lipinski definition) is 0. The van der Waals surface area contributed by atoms with Crippen LogP contribution in [0.5, 0.6) is 5.88 Å². The molecule has 8 nitrogen and oxygen atoms in total. The fraction of sp³-hybridized carbons (Fsp3) is 0.350. The van der Waals surface area contributed by atoms with E-state index in [0.29, 0.717) is 18.8 Å². The molecule has 1 amide bonds. The zero-order chi connectivity index (χ0) is 22.0. The Morgan fingerprint density at radius 2 is 1.94 bits per heavy atom. The van der Waals surface area contributed by atoms with E-state index < -0.39 is 17.8 Å². The maximum atomic E-state index is 13.2. The van der Waals surface area contributed by atoms with E-state index in [-0.39, 0.29) is 24.0 Å². The number of pyridine rings is 2. The molecule has 1 aliphatic rings. The van der Waals surface area contributed by atoms with Crippen molar-refractivity contribution in [3.05, 3.63) is 59.7 Å². The third-order valence-corrected chi connectivity index (χ3v) is 4.85. The highest BCUT2D eigenvalue weighted by molar-refractivity contribution is 5.97. The molecule has 0 radical (unpaired) electrons. The van der Waals surface area contributed by atoms with Crippen LogP contribution in [0.3, 0.4) is 0 Å². The van der Waals surface area contributed by atoms with Gasteiger partial charge < -0.3 is 9.64 Å². The van der Waals surface area contributed by atoms with E-state index in [0.717, 1.165) is 28.9 Å². The van der Waals surface area contributed by atoms with Gasteiger partial charge in [-0.3, -0.25) is 4.79 Å². The van der Waals surface area contributed by atoms with Gasteiger partial charge in [-0.25, -0.2) is 9.97 Å². The van der Waals surface area contributed by atoms with Gasteiger partial charge in [-0.15, -0.1) is 4.80 Å². The minimum atomic E-state index is -4.66. The van der Waals surface area contributed by atoms with Gasteiger partial charge in [-0.1, -0.05) is 0 Å². The fourth-order valence-electron chi connectivity index (χ4n) is 3.38. The topological polar surface area (TPSA) is 86.0 Å². The molecule has 0 saturated carbocycles. The van der Waals surface area contributed by atoms with Crippen LogP contribution >= 0.6 is 0 Å². The number of nitrogens with zero attached hydrogens (tertiary/aromatic N) is 6. The van der Waals surface area contributed by atoms with Crippen LogP contribution in [0.2, 0.25) is 0 Å². The molecular formula is C20H19F3N6O2. The molecule has 0 unspecified atom stereocenters. The second kappa shape index (κ2) is 8.32. The second-order valence-electron chi connectivity index (χ2n) is 7.19. The smallest absolute Gasteiger partial charge is 0.433 e. The first kappa shape index (κ1) is 20.8. The predicted octanol–water partition coefficient (Wildman–Crippen LogP) is 3.07. The molecule has 1 aliphatic heterocycles. The molecule has 4 heterocycles. The number of aryl methyl sites for hydroxylation is 1. The van der Waals surface area contributed by atoms with Crippen molar-refractivity contribution in [3.63, 3.8) is 0 Å². The average molecular weight is 432 g/mol. The number of carbonyl (C=O) groups excluding carboxylic acids is 1. The van der Waals surface area contributed by atoms with E-state index in [9.17, 15) is 18.0 Å². The third kappa shape index (κ3) is 4.65. The van der Waals surface area contributed by atoms with Crippen molar-refractivity contribution < 1.29 is 22.7 Å². The fourth-order valence-corrected chi connectivity index (χ4v) is 3.38. The van der Waals surface area contributed by atoms with Crippen molar-refractivity contribution in [2.75, 3.05) is 13.1 Å². The van der Waals surface area contributed by atoms with Gasteiger partial charge in [0.25, 0.3) is 5.91 Å². The first-order chi connectivity index (χ1) is 14.8. The Balaban J connectivity index is 1.58. The summed E-state index contributed by atoms with van der Waals surface area (Å²) in [5.41, 5.74) is -0.138. The van der Waals surface area contributed by atoms with Crippen molar-refractivity contribution in [2.24, 2.45) is 0 Å². The van der Waals surface area contributed by atoms with Gasteiger partial charge in [0, 0.05) is 18.8 Å². The molecule has 0 N–H and O–H groups in total. The third-order valence-electron chi connectivity index (χ3n) is 4.85. The summed E-state index contributed by atoms with van der Waals surface area (Å²) in [5, 5.41) is 7.70. The number of piperidine rings is 1. The number of halogens is 3. The summed E-state index contributed by atoms with van der Waals surface area (Å²) in [7, 11) is 0. The van der Waals surface area contributed by atoms with E-state index in [4.69, 9.17) is 4.74 Å². The van der Waals surface area contributed by atoms with Crippen LogP contribution < -0.4 is 4.74 Å². The SMILES string of the molecule is Cc1ccnc(O[C@@H]2CCCN(C(=O)c3ccc(C(F)(F)F)nc3-n3nccn3)C2)c1. The lowest BCUT2D eigenvalue weighted by molar-refractivity contribution is -0.141. The average Bonchev–Trinajstić information content (AvgIpc) is 3.27. The number of rotatable bonds is 4. The van der Waals surface area contributed by atoms with Gasteiger partial charge in [0.1, 0.15) is 11.8 Å². The van der Waals surface area contributed by atoms with E-state index in [2.05, 4.69) is 20.2 Å². The molecule has 3 aromatic heterocycles. The Morgan fingerprint density at radius 1 is 1.16 bits per heavy atom. The summed E-state index contributed by atoms with van der Waals surface area (Å²) in [5.74, 6) is -0.260. The molecule has 1 saturated heterocycles. The highest BCUT2D eigenvalue weighted by Crippen LogP contribution is 2.29. The lowest BCUT2D eigenvalue weighted by atomic mass is 10.1. The van der Waals surface area contributed by atoms with Crippen molar-refractivity contribution in [1.82, 2.24) is 29.9 Å². The second-order valence-corrected chi connectivity index (χ2v) is 7.19. The molecule has 0 bridgehead atoms. The van der Waals surface area contributed by atoms with E-state index in [1.54, 1.807) is 11.1 Å². The number of carbonyl (C=O) groups is 1. The number of ether oxygens (including phenoxy) is 1.